The number of anilines is 2. The van der Waals surface area contributed by atoms with Crippen LogP contribution >= 0.6 is 0 Å². The molecule has 0 saturated heterocycles. The van der Waals surface area contributed by atoms with Crippen LogP contribution in [0.15, 0.2) is 119 Å². The zero-order chi connectivity index (χ0) is 41.6. The molecule has 5 aromatic rings. The predicted octanol–water partition coefficient (Wildman–Crippen LogP) is 7.15. The molecular weight excluding hydrogens is 802 g/mol. The van der Waals surface area contributed by atoms with Crippen molar-refractivity contribution in [3.63, 3.8) is 0 Å². The number of nitrogens with two attached hydrogens (primary N) is 2. The van der Waals surface area contributed by atoms with Crippen molar-refractivity contribution >= 4 is 43.2 Å². The van der Waals surface area contributed by atoms with E-state index >= 15 is 0 Å². The summed E-state index contributed by atoms with van der Waals surface area (Å²) in [5.41, 5.74) is -2.75. The van der Waals surface area contributed by atoms with E-state index in [9.17, 15) is 57.2 Å². The smallest absolute Gasteiger partial charge is 0.416 e. The monoisotopic (exact) mass is 828 g/mol. The second-order valence-electron chi connectivity index (χ2n) is 11.2. The summed E-state index contributed by atoms with van der Waals surface area (Å²) in [4.78, 5) is 24.3. The van der Waals surface area contributed by atoms with E-state index < -0.39 is 66.7 Å². The standard InChI is InChI=1S/C21H16F4N2O5S.C14H11F3N2O3S/c1-31-19-8-6-14(11-17(19)22)32-18-7-5-12(21(23,24)25)9-16(18)20(28)27-13-3-2-4-15(10-13)33(26,29)30;15-14(16,17)10-4-1-3-9(7-10)13(20)19-11-5-2-6-12(8-11)23(18,21)22/h2-11H,1H3,(H,27,28)(H2,26,29,30);1-8H,(H,19,20)(H2,18,21,22). The number of carbonyl (C=O) groups is 2. The van der Waals surface area contributed by atoms with Crippen molar-refractivity contribution in [3.05, 3.63) is 137 Å². The topological polar surface area (TPSA) is 197 Å². The van der Waals surface area contributed by atoms with Gasteiger partial charge in [-0.1, -0.05) is 18.2 Å². The SMILES string of the molecule is COc1ccc(Oc2ccc(C(F)(F)F)cc2C(=O)Nc2cccc(S(N)(=O)=O)c2)cc1F.NS(=O)(=O)c1cccc(NC(=O)c2cccc(C(F)(F)F)c2)c1. The number of rotatable bonds is 9. The Kier molecular flexibility index (Phi) is 12.8. The molecule has 56 heavy (non-hydrogen) atoms. The summed E-state index contributed by atoms with van der Waals surface area (Å²) in [6, 6.07) is 19.5. The molecular formula is C35H27F7N4O8S2. The van der Waals surface area contributed by atoms with Gasteiger partial charge >= 0.3 is 12.4 Å². The summed E-state index contributed by atoms with van der Waals surface area (Å²) in [7, 11) is -6.78. The largest absolute Gasteiger partial charge is 0.494 e. The van der Waals surface area contributed by atoms with Crippen molar-refractivity contribution < 1.29 is 66.6 Å². The van der Waals surface area contributed by atoms with E-state index in [4.69, 9.17) is 19.8 Å². The van der Waals surface area contributed by atoms with Crippen LogP contribution in [0.25, 0.3) is 0 Å². The molecule has 0 fully saturated rings. The Balaban J connectivity index is 0.000000265. The quantitative estimate of drug-likeness (QED) is 0.112. The number of nitrogens with one attached hydrogen (secondary N) is 2. The number of benzene rings is 5. The minimum absolute atomic E-state index is 0.0367. The van der Waals surface area contributed by atoms with Crippen molar-refractivity contribution in [2.45, 2.75) is 22.1 Å². The fourth-order valence-corrected chi connectivity index (χ4v) is 5.67. The number of halogens is 7. The number of hydrogen-bond acceptors (Lipinski definition) is 8. The summed E-state index contributed by atoms with van der Waals surface area (Å²) in [5, 5.41) is 14.7. The highest BCUT2D eigenvalue weighted by Crippen LogP contribution is 2.36. The average Bonchev–Trinajstić information content (AvgIpc) is 3.11. The average molecular weight is 829 g/mol. The van der Waals surface area contributed by atoms with E-state index in [1.165, 1.54) is 61.7 Å². The van der Waals surface area contributed by atoms with Gasteiger partial charge in [0.15, 0.2) is 11.6 Å². The van der Waals surface area contributed by atoms with E-state index in [2.05, 4.69) is 10.6 Å². The summed E-state index contributed by atoms with van der Waals surface area (Å²) in [6.45, 7) is 0. The number of ether oxygens (including phenoxy) is 2. The van der Waals surface area contributed by atoms with Crippen LogP contribution in [-0.4, -0.2) is 35.8 Å². The van der Waals surface area contributed by atoms with E-state index in [0.29, 0.717) is 18.2 Å². The first-order valence-electron chi connectivity index (χ1n) is 15.2. The van der Waals surface area contributed by atoms with Crippen LogP contribution in [0.3, 0.4) is 0 Å². The minimum Gasteiger partial charge on any atom is -0.494 e. The van der Waals surface area contributed by atoms with Crippen LogP contribution in [0.2, 0.25) is 0 Å². The van der Waals surface area contributed by atoms with Gasteiger partial charge in [0, 0.05) is 23.0 Å². The van der Waals surface area contributed by atoms with E-state index in [1.54, 1.807) is 0 Å². The predicted molar refractivity (Wildman–Crippen MR) is 187 cm³/mol. The van der Waals surface area contributed by atoms with Crippen LogP contribution in [0.4, 0.5) is 42.1 Å². The molecule has 0 heterocycles. The Labute approximate surface area is 314 Å². The van der Waals surface area contributed by atoms with Crippen LogP contribution in [0, 0.1) is 5.82 Å². The van der Waals surface area contributed by atoms with Crippen LogP contribution < -0.4 is 30.4 Å². The first kappa shape index (κ1) is 42.7. The summed E-state index contributed by atoms with van der Waals surface area (Å²) in [5.74, 6) is -3.10. The molecule has 0 aliphatic rings. The van der Waals surface area contributed by atoms with Crippen LogP contribution in [0.5, 0.6) is 17.2 Å². The molecule has 5 rings (SSSR count). The molecule has 0 aliphatic carbocycles. The highest BCUT2D eigenvalue weighted by Gasteiger charge is 2.33. The third-order valence-electron chi connectivity index (χ3n) is 7.20. The Morgan fingerprint density at radius 1 is 0.607 bits per heavy atom. The minimum atomic E-state index is -4.76. The van der Waals surface area contributed by atoms with Crippen molar-refractivity contribution in [1.82, 2.24) is 0 Å². The van der Waals surface area contributed by atoms with E-state index in [-0.39, 0.29) is 44.0 Å². The Bertz CT molecular complexity index is 2500. The third kappa shape index (κ3) is 11.5. The molecule has 296 valence electrons. The Morgan fingerprint density at radius 2 is 1.11 bits per heavy atom. The van der Waals surface area contributed by atoms with Gasteiger partial charge in [0.1, 0.15) is 11.5 Å². The van der Waals surface area contributed by atoms with Crippen LogP contribution in [0.1, 0.15) is 31.8 Å². The fraction of sp³-hybridized carbons (Fsp3) is 0.0857. The number of sulfonamides is 2. The lowest BCUT2D eigenvalue weighted by atomic mass is 10.1. The van der Waals surface area contributed by atoms with Gasteiger partial charge in [-0.3, -0.25) is 9.59 Å². The summed E-state index contributed by atoms with van der Waals surface area (Å²) >= 11 is 0. The lowest BCUT2D eigenvalue weighted by Gasteiger charge is -2.15. The maximum absolute atomic E-state index is 14.0. The second-order valence-corrected chi connectivity index (χ2v) is 14.4. The number of amides is 2. The molecule has 0 radical (unpaired) electrons. The van der Waals surface area contributed by atoms with Gasteiger partial charge in [0.25, 0.3) is 11.8 Å². The fourth-order valence-electron chi connectivity index (χ4n) is 4.55. The molecule has 0 spiro atoms. The highest BCUT2D eigenvalue weighted by atomic mass is 32.2. The van der Waals surface area contributed by atoms with Gasteiger partial charge in [-0.25, -0.2) is 31.5 Å². The lowest BCUT2D eigenvalue weighted by Crippen LogP contribution is -2.16. The zero-order valence-electron chi connectivity index (χ0n) is 28.3. The normalized spacial score (nSPS) is 11.8. The maximum Gasteiger partial charge on any atom is 0.416 e. The molecule has 12 nitrogen and oxygen atoms in total. The van der Waals surface area contributed by atoms with Crippen molar-refractivity contribution in [1.29, 1.82) is 0 Å². The molecule has 2 amide bonds. The second kappa shape index (κ2) is 16.8. The van der Waals surface area contributed by atoms with Gasteiger partial charge in [-0.15, -0.1) is 0 Å². The molecule has 0 unspecified atom stereocenters. The molecule has 0 atom stereocenters. The van der Waals surface area contributed by atoms with Gasteiger partial charge < -0.3 is 20.1 Å². The number of carbonyl (C=O) groups excluding carboxylic acids is 2. The highest BCUT2D eigenvalue weighted by molar-refractivity contribution is 7.89. The van der Waals surface area contributed by atoms with Crippen molar-refractivity contribution in [2.75, 3.05) is 17.7 Å². The van der Waals surface area contributed by atoms with Gasteiger partial charge in [0.05, 0.1) is 33.6 Å². The molecule has 0 aliphatic heterocycles. The zero-order valence-corrected chi connectivity index (χ0v) is 29.9. The molecule has 21 heteroatoms. The summed E-state index contributed by atoms with van der Waals surface area (Å²) in [6.07, 6.45) is -9.32. The Hall–Kier alpha value is -6.03. The molecule has 0 aromatic heterocycles. The van der Waals surface area contributed by atoms with Crippen molar-refractivity contribution in [2.24, 2.45) is 10.3 Å². The third-order valence-corrected chi connectivity index (χ3v) is 9.02. The first-order valence-corrected chi connectivity index (χ1v) is 18.3. The number of hydrogen-bond donors (Lipinski definition) is 4. The van der Waals surface area contributed by atoms with Gasteiger partial charge in [0.2, 0.25) is 20.0 Å². The molecule has 6 N–H and O–H groups in total. The number of primary sulfonamides is 2. The number of methoxy groups -OCH3 is 1. The maximum atomic E-state index is 14.0. The molecule has 0 bridgehead atoms. The van der Waals surface area contributed by atoms with Gasteiger partial charge in [-0.2, -0.15) is 26.3 Å². The van der Waals surface area contributed by atoms with Crippen molar-refractivity contribution in [3.8, 4) is 17.2 Å². The lowest BCUT2D eigenvalue weighted by molar-refractivity contribution is -0.138. The van der Waals surface area contributed by atoms with E-state index in [1.807, 2.05) is 0 Å². The first-order chi connectivity index (χ1) is 25.9. The van der Waals surface area contributed by atoms with Crippen LogP contribution in [-0.2, 0) is 32.4 Å². The van der Waals surface area contributed by atoms with Gasteiger partial charge in [-0.05, 0) is 84.9 Å². The Morgan fingerprint density at radius 3 is 1.61 bits per heavy atom. The summed E-state index contributed by atoms with van der Waals surface area (Å²) < 4.78 is 147. The molecule has 5 aromatic carbocycles. The van der Waals surface area contributed by atoms with E-state index in [0.717, 1.165) is 36.4 Å². The number of alkyl halides is 6. The molecule has 0 saturated carbocycles.